The van der Waals surface area contributed by atoms with Crippen LogP contribution in [0.3, 0.4) is 0 Å². The summed E-state index contributed by atoms with van der Waals surface area (Å²) < 4.78 is 17.0. The third-order valence-corrected chi connectivity index (χ3v) is 6.33. The van der Waals surface area contributed by atoms with Crippen LogP contribution < -0.4 is 5.43 Å². The van der Waals surface area contributed by atoms with Gasteiger partial charge in [-0.15, -0.1) is 0 Å². The van der Waals surface area contributed by atoms with Crippen LogP contribution in [-0.4, -0.2) is 23.6 Å². The van der Waals surface area contributed by atoms with Gasteiger partial charge in [0, 0.05) is 23.3 Å². The Kier molecular flexibility index (Phi) is 4.84. The van der Waals surface area contributed by atoms with Gasteiger partial charge in [0.15, 0.2) is 16.8 Å². The normalized spacial score (nSPS) is 21.5. The van der Waals surface area contributed by atoms with Gasteiger partial charge in [-0.3, -0.25) is 14.4 Å². The van der Waals surface area contributed by atoms with Gasteiger partial charge in [-0.05, 0) is 32.0 Å². The monoisotopic (exact) mass is 464 g/mol. The number of epoxide rings is 1. The molecule has 2 heterocycles. The number of benzene rings is 2. The van der Waals surface area contributed by atoms with Crippen molar-refractivity contribution in [2.45, 2.75) is 32.2 Å². The standard InChI is InChI=1S/C25H17ClO7/c1-12-25(2,33-12)19-10-18(28)20-14(11-31-24(30)13-6-4-3-5-7-13)8-15-17(27)9-16(26)22(29)21(15)23(20)32-19/h3-10,12H,11H2,1-2H3/t12-,25-/m0/s1. The number of carbonyl (C=O) groups excluding carboxylic acids is 3. The van der Waals surface area contributed by atoms with Crippen molar-refractivity contribution in [1.29, 1.82) is 0 Å². The molecule has 1 fully saturated rings. The molecule has 1 aromatic heterocycles. The summed E-state index contributed by atoms with van der Waals surface area (Å²) in [4.78, 5) is 51.1. The highest BCUT2D eigenvalue weighted by molar-refractivity contribution is 6.50. The number of hydrogen-bond donors (Lipinski definition) is 0. The molecule has 0 saturated carbocycles. The summed E-state index contributed by atoms with van der Waals surface area (Å²) in [5.74, 6) is -1.50. The summed E-state index contributed by atoms with van der Waals surface area (Å²) in [5, 5.41) is -0.227. The van der Waals surface area contributed by atoms with Gasteiger partial charge in [0.2, 0.25) is 5.78 Å². The average Bonchev–Trinajstić information content (AvgIpc) is 3.43. The highest BCUT2D eigenvalue weighted by Crippen LogP contribution is 2.46. The third kappa shape index (κ3) is 3.41. The van der Waals surface area contributed by atoms with Gasteiger partial charge < -0.3 is 13.9 Å². The second-order valence-corrected chi connectivity index (χ2v) is 8.54. The van der Waals surface area contributed by atoms with Crippen molar-refractivity contribution in [1.82, 2.24) is 0 Å². The first-order chi connectivity index (χ1) is 15.7. The predicted octanol–water partition coefficient (Wildman–Crippen LogP) is 4.29. The first kappa shape index (κ1) is 21.3. The molecule has 2 aliphatic rings. The summed E-state index contributed by atoms with van der Waals surface area (Å²) >= 11 is 5.98. The quantitative estimate of drug-likeness (QED) is 0.419. The van der Waals surface area contributed by atoms with E-state index in [1.807, 2.05) is 6.92 Å². The number of ketones is 2. The number of rotatable bonds is 4. The molecule has 5 rings (SSSR count). The van der Waals surface area contributed by atoms with Crippen LogP contribution in [0.1, 0.15) is 56.2 Å². The molecule has 166 valence electrons. The molecular formula is C25H17ClO7. The maximum Gasteiger partial charge on any atom is 0.338 e. The Morgan fingerprint density at radius 3 is 2.52 bits per heavy atom. The van der Waals surface area contributed by atoms with Crippen LogP contribution in [0.5, 0.6) is 0 Å². The van der Waals surface area contributed by atoms with Crippen LogP contribution in [0.2, 0.25) is 0 Å². The predicted molar refractivity (Wildman–Crippen MR) is 119 cm³/mol. The number of carbonyl (C=O) groups is 3. The fraction of sp³-hybridized carbons (Fsp3) is 0.200. The number of fused-ring (bicyclic) bond motifs is 3. The Bertz CT molecular complexity index is 1450. The minimum atomic E-state index is -0.822. The van der Waals surface area contributed by atoms with Crippen LogP contribution >= 0.6 is 11.6 Å². The van der Waals surface area contributed by atoms with Gasteiger partial charge in [0.1, 0.15) is 18.0 Å². The van der Waals surface area contributed by atoms with Crippen molar-refractivity contribution in [3.63, 3.8) is 0 Å². The van der Waals surface area contributed by atoms with Gasteiger partial charge >= 0.3 is 5.97 Å². The highest BCUT2D eigenvalue weighted by Gasteiger charge is 2.53. The van der Waals surface area contributed by atoms with E-state index in [4.69, 9.17) is 25.5 Å². The van der Waals surface area contributed by atoms with E-state index in [1.54, 1.807) is 37.3 Å². The van der Waals surface area contributed by atoms with Crippen molar-refractivity contribution in [2.75, 3.05) is 0 Å². The van der Waals surface area contributed by atoms with Crippen LogP contribution in [0.15, 0.2) is 62.8 Å². The van der Waals surface area contributed by atoms with E-state index in [-0.39, 0.29) is 51.2 Å². The molecule has 1 aliphatic heterocycles. The van der Waals surface area contributed by atoms with Gasteiger partial charge in [-0.1, -0.05) is 29.8 Å². The lowest BCUT2D eigenvalue weighted by Gasteiger charge is -2.17. The lowest BCUT2D eigenvalue weighted by atomic mass is 9.89. The van der Waals surface area contributed by atoms with E-state index in [2.05, 4.69) is 0 Å². The molecule has 7 nitrogen and oxygen atoms in total. The largest absolute Gasteiger partial charge is 0.457 e. The van der Waals surface area contributed by atoms with Crippen LogP contribution in [-0.2, 0) is 21.7 Å². The molecule has 0 unspecified atom stereocenters. The van der Waals surface area contributed by atoms with Crippen molar-refractivity contribution in [3.05, 3.63) is 91.8 Å². The number of ether oxygens (including phenoxy) is 2. The fourth-order valence-corrected chi connectivity index (χ4v) is 4.16. The highest BCUT2D eigenvalue weighted by atomic mass is 35.5. The summed E-state index contributed by atoms with van der Waals surface area (Å²) in [7, 11) is 0. The van der Waals surface area contributed by atoms with Crippen molar-refractivity contribution in [2.24, 2.45) is 0 Å². The lowest BCUT2D eigenvalue weighted by molar-refractivity contribution is 0.0474. The number of Topliss-reactive ketones (excluding diaryl/α,β-unsaturated/α-hetero) is 1. The number of esters is 1. The number of allylic oxidation sites excluding steroid dienone is 2. The van der Waals surface area contributed by atoms with Gasteiger partial charge in [-0.25, -0.2) is 4.79 Å². The molecule has 2 aromatic carbocycles. The van der Waals surface area contributed by atoms with Crippen LogP contribution in [0, 0.1) is 0 Å². The molecular weight excluding hydrogens is 448 g/mol. The molecule has 0 bridgehead atoms. The van der Waals surface area contributed by atoms with Crippen LogP contribution in [0.25, 0.3) is 11.0 Å². The fourth-order valence-electron chi connectivity index (χ4n) is 3.96. The lowest BCUT2D eigenvalue weighted by Crippen LogP contribution is -2.20. The molecule has 8 heteroatoms. The molecule has 0 N–H and O–H groups in total. The van der Waals surface area contributed by atoms with E-state index in [9.17, 15) is 19.2 Å². The van der Waals surface area contributed by atoms with E-state index >= 15 is 0 Å². The van der Waals surface area contributed by atoms with E-state index in [0.29, 0.717) is 5.56 Å². The second-order valence-electron chi connectivity index (χ2n) is 8.13. The maximum atomic E-state index is 13.2. The third-order valence-electron chi connectivity index (χ3n) is 6.05. The van der Waals surface area contributed by atoms with Crippen LogP contribution in [0.4, 0.5) is 0 Å². The first-order valence-electron chi connectivity index (χ1n) is 10.2. The summed E-state index contributed by atoms with van der Waals surface area (Å²) in [6, 6.07) is 11.0. The molecule has 0 amide bonds. The van der Waals surface area contributed by atoms with E-state index in [0.717, 1.165) is 6.08 Å². The van der Waals surface area contributed by atoms with Crippen molar-refractivity contribution in [3.8, 4) is 0 Å². The first-order valence-corrected chi connectivity index (χ1v) is 10.6. The van der Waals surface area contributed by atoms with Crippen molar-refractivity contribution < 1.29 is 28.3 Å². The Balaban J connectivity index is 1.68. The maximum absolute atomic E-state index is 13.2. The molecule has 0 spiro atoms. The summed E-state index contributed by atoms with van der Waals surface area (Å²) in [6.45, 7) is 3.29. The Morgan fingerprint density at radius 1 is 1.15 bits per heavy atom. The molecule has 0 radical (unpaired) electrons. The minimum absolute atomic E-state index is 0.0258. The Labute approximate surface area is 192 Å². The molecule has 33 heavy (non-hydrogen) atoms. The zero-order valence-electron chi connectivity index (χ0n) is 17.6. The van der Waals surface area contributed by atoms with Gasteiger partial charge in [0.05, 0.1) is 27.6 Å². The summed E-state index contributed by atoms with van der Waals surface area (Å²) in [6.07, 6.45) is 0.831. The molecule has 2 atom stereocenters. The zero-order valence-corrected chi connectivity index (χ0v) is 18.4. The smallest absolute Gasteiger partial charge is 0.338 e. The summed E-state index contributed by atoms with van der Waals surface area (Å²) in [5.41, 5.74) is -0.825. The Hall–Kier alpha value is -3.55. The zero-order chi connectivity index (χ0) is 23.5. The van der Waals surface area contributed by atoms with Crippen molar-refractivity contribution >= 4 is 40.1 Å². The topological polar surface area (TPSA) is 103 Å². The molecule has 3 aromatic rings. The van der Waals surface area contributed by atoms with Gasteiger partial charge in [-0.2, -0.15) is 0 Å². The molecule has 1 saturated heterocycles. The number of hydrogen-bond acceptors (Lipinski definition) is 7. The minimum Gasteiger partial charge on any atom is -0.457 e. The Morgan fingerprint density at radius 2 is 1.85 bits per heavy atom. The second kappa shape index (κ2) is 7.50. The average molecular weight is 465 g/mol. The molecule has 1 aliphatic carbocycles. The van der Waals surface area contributed by atoms with E-state index in [1.165, 1.54) is 12.1 Å². The van der Waals surface area contributed by atoms with E-state index < -0.39 is 28.6 Å². The number of halogens is 1. The SMILES string of the molecule is C[C@@H]1O[C@]1(C)c1cc(=O)c2c(COC(=O)c3ccccc3)cc3c(c2o1)C(=O)C(Cl)=CC3=O. The van der Waals surface area contributed by atoms with Gasteiger partial charge in [0.25, 0.3) is 0 Å².